The summed E-state index contributed by atoms with van der Waals surface area (Å²) in [7, 11) is 0. The van der Waals surface area contributed by atoms with Gasteiger partial charge in [-0.1, -0.05) is 18.2 Å². The maximum atomic E-state index is 12.7. The maximum Gasteiger partial charge on any atom is 0.308 e. The molecule has 3 rings (SSSR count). The fraction of sp³-hybridized carbons (Fsp3) is 0.312. The van der Waals surface area contributed by atoms with Crippen LogP contribution in [0.5, 0.6) is 0 Å². The lowest BCUT2D eigenvalue weighted by Crippen LogP contribution is -2.30. The summed E-state index contributed by atoms with van der Waals surface area (Å²) in [6.07, 6.45) is 0.517. The Balaban J connectivity index is 1.97. The van der Waals surface area contributed by atoms with E-state index in [4.69, 9.17) is 5.11 Å². The first-order valence-electron chi connectivity index (χ1n) is 6.95. The van der Waals surface area contributed by atoms with Crippen LogP contribution in [-0.4, -0.2) is 40.0 Å². The molecule has 0 aliphatic carbocycles. The molecule has 1 aliphatic rings. The van der Waals surface area contributed by atoms with Crippen LogP contribution in [0, 0.1) is 12.8 Å². The molecule has 2 aromatic rings. The summed E-state index contributed by atoms with van der Waals surface area (Å²) >= 11 is 0. The molecule has 1 N–H and O–H groups in total. The Labute approximate surface area is 122 Å². The normalized spacial score (nSPS) is 18.1. The van der Waals surface area contributed by atoms with Crippen LogP contribution in [0.1, 0.15) is 22.5 Å². The van der Waals surface area contributed by atoms with Gasteiger partial charge in [-0.2, -0.15) is 0 Å². The second-order valence-corrected chi connectivity index (χ2v) is 5.40. The molecule has 5 heteroatoms. The van der Waals surface area contributed by atoms with Crippen molar-refractivity contribution in [2.75, 3.05) is 13.1 Å². The molecule has 2 heterocycles. The highest BCUT2D eigenvalue weighted by Crippen LogP contribution is 2.23. The number of carbonyl (C=O) groups is 2. The lowest BCUT2D eigenvalue weighted by Gasteiger charge is -2.17. The third-order valence-corrected chi connectivity index (χ3v) is 3.90. The van der Waals surface area contributed by atoms with E-state index in [1.807, 2.05) is 31.2 Å². The molecule has 21 heavy (non-hydrogen) atoms. The van der Waals surface area contributed by atoms with Gasteiger partial charge in [0.25, 0.3) is 5.91 Å². The minimum Gasteiger partial charge on any atom is -0.481 e. The molecule has 0 saturated carbocycles. The van der Waals surface area contributed by atoms with Crippen molar-refractivity contribution in [3.63, 3.8) is 0 Å². The lowest BCUT2D eigenvalue weighted by molar-refractivity contribution is -0.141. The van der Waals surface area contributed by atoms with Crippen LogP contribution in [0.2, 0.25) is 0 Å². The molecule has 1 aromatic heterocycles. The van der Waals surface area contributed by atoms with E-state index in [0.29, 0.717) is 18.5 Å². The number of fused-ring (bicyclic) bond motifs is 1. The van der Waals surface area contributed by atoms with Crippen LogP contribution in [0.3, 0.4) is 0 Å². The van der Waals surface area contributed by atoms with E-state index in [9.17, 15) is 9.59 Å². The van der Waals surface area contributed by atoms with Gasteiger partial charge in [-0.05, 0) is 25.5 Å². The van der Waals surface area contributed by atoms with Gasteiger partial charge in [0, 0.05) is 24.2 Å². The van der Waals surface area contributed by atoms with Crippen molar-refractivity contribution in [1.29, 1.82) is 0 Å². The average Bonchev–Trinajstić information content (AvgIpc) is 2.95. The van der Waals surface area contributed by atoms with E-state index in [1.54, 1.807) is 11.0 Å². The molecule has 1 amide bonds. The summed E-state index contributed by atoms with van der Waals surface area (Å²) in [5.74, 6) is -1.40. The third kappa shape index (κ3) is 2.46. The first kappa shape index (κ1) is 13.5. The van der Waals surface area contributed by atoms with Crippen LogP contribution >= 0.6 is 0 Å². The number of aliphatic carboxylic acids is 1. The van der Waals surface area contributed by atoms with Crippen molar-refractivity contribution < 1.29 is 14.7 Å². The topological polar surface area (TPSA) is 70.5 Å². The lowest BCUT2D eigenvalue weighted by atomic mass is 10.1. The van der Waals surface area contributed by atoms with Gasteiger partial charge in [0.2, 0.25) is 0 Å². The molecule has 0 radical (unpaired) electrons. The van der Waals surface area contributed by atoms with Gasteiger partial charge in [0.05, 0.1) is 17.0 Å². The Kier molecular flexibility index (Phi) is 3.33. The number of carboxylic acid groups (broad SMARTS) is 1. The Morgan fingerprint density at radius 1 is 1.33 bits per heavy atom. The van der Waals surface area contributed by atoms with Crippen molar-refractivity contribution in [1.82, 2.24) is 9.88 Å². The highest BCUT2D eigenvalue weighted by molar-refractivity contribution is 6.06. The van der Waals surface area contributed by atoms with Crippen LogP contribution in [0.25, 0.3) is 10.9 Å². The summed E-state index contributed by atoms with van der Waals surface area (Å²) in [5, 5.41) is 9.86. The molecule has 1 aliphatic heterocycles. The minimum atomic E-state index is -0.832. The van der Waals surface area contributed by atoms with Crippen LogP contribution in [0.4, 0.5) is 0 Å². The number of likely N-dealkylation sites (tertiary alicyclic amines) is 1. The van der Waals surface area contributed by atoms with Gasteiger partial charge >= 0.3 is 5.97 Å². The Hall–Kier alpha value is -2.43. The van der Waals surface area contributed by atoms with Crippen molar-refractivity contribution >= 4 is 22.8 Å². The summed E-state index contributed by atoms with van der Waals surface area (Å²) < 4.78 is 0. The number of aryl methyl sites for hydroxylation is 1. The molecular weight excluding hydrogens is 268 g/mol. The zero-order valence-corrected chi connectivity index (χ0v) is 11.7. The Morgan fingerprint density at radius 2 is 2.10 bits per heavy atom. The number of hydrogen-bond acceptors (Lipinski definition) is 3. The summed E-state index contributed by atoms with van der Waals surface area (Å²) in [6, 6.07) is 9.29. The molecule has 1 fully saturated rings. The van der Waals surface area contributed by atoms with E-state index in [1.165, 1.54) is 0 Å². The molecule has 108 valence electrons. The second kappa shape index (κ2) is 5.16. The van der Waals surface area contributed by atoms with E-state index in [-0.39, 0.29) is 12.5 Å². The number of hydrogen-bond donors (Lipinski definition) is 1. The van der Waals surface area contributed by atoms with Crippen molar-refractivity contribution in [3.05, 3.63) is 41.6 Å². The zero-order chi connectivity index (χ0) is 15.0. The highest BCUT2D eigenvalue weighted by Gasteiger charge is 2.31. The fourth-order valence-corrected chi connectivity index (χ4v) is 2.80. The van der Waals surface area contributed by atoms with Gasteiger partial charge < -0.3 is 10.0 Å². The van der Waals surface area contributed by atoms with Crippen LogP contribution < -0.4 is 0 Å². The highest BCUT2D eigenvalue weighted by atomic mass is 16.4. The van der Waals surface area contributed by atoms with Gasteiger partial charge in [-0.25, -0.2) is 0 Å². The predicted octanol–water partition coefficient (Wildman–Crippen LogP) is 2.09. The monoisotopic (exact) mass is 284 g/mol. The van der Waals surface area contributed by atoms with Crippen LogP contribution in [-0.2, 0) is 4.79 Å². The maximum absolute atomic E-state index is 12.7. The number of pyridine rings is 1. The van der Waals surface area contributed by atoms with E-state index in [2.05, 4.69) is 4.98 Å². The second-order valence-electron chi connectivity index (χ2n) is 5.40. The number of carbonyl (C=O) groups excluding carboxylic acids is 1. The number of amides is 1. The number of nitrogens with zero attached hydrogens (tertiary/aromatic N) is 2. The van der Waals surface area contributed by atoms with E-state index >= 15 is 0 Å². The molecule has 1 aromatic carbocycles. The van der Waals surface area contributed by atoms with E-state index in [0.717, 1.165) is 16.6 Å². The average molecular weight is 284 g/mol. The third-order valence-electron chi connectivity index (χ3n) is 3.90. The zero-order valence-electron chi connectivity index (χ0n) is 11.7. The van der Waals surface area contributed by atoms with Gasteiger partial charge in [0.1, 0.15) is 0 Å². The Morgan fingerprint density at radius 3 is 2.81 bits per heavy atom. The van der Waals surface area contributed by atoms with Crippen LogP contribution in [0.15, 0.2) is 30.3 Å². The minimum absolute atomic E-state index is 0.111. The molecule has 5 nitrogen and oxygen atoms in total. The summed E-state index contributed by atoms with van der Waals surface area (Å²) in [5.41, 5.74) is 2.17. The van der Waals surface area contributed by atoms with Gasteiger partial charge in [-0.3, -0.25) is 14.6 Å². The van der Waals surface area contributed by atoms with Crippen molar-refractivity contribution in [2.24, 2.45) is 5.92 Å². The number of para-hydroxylation sites is 1. The molecule has 1 unspecified atom stereocenters. The first-order valence-corrected chi connectivity index (χ1v) is 6.95. The number of rotatable bonds is 2. The summed E-state index contributed by atoms with van der Waals surface area (Å²) in [6.45, 7) is 2.63. The van der Waals surface area contributed by atoms with Crippen molar-refractivity contribution in [3.8, 4) is 0 Å². The first-order chi connectivity index (χ1) is 10.1. The smallest absolute Gasteiger partial charge is 0.308 e. The van der Waals surface area contributed by atoms with Gasteiger partial charge in [0.15, 0.2) is 0 Å². The Bertz CT molecular complexity index is 727. The number of carboxylic acids is 1. The molecule has 1 saturated heterocycles. The predicted molar refractivity (Wildman–Crippen MR) is 78.1 cm³/mol. The summed E-state index contributed by atoms with van der Waals surface area (Å²) in [4.78, 5) is 29.8. The fourth-order valence-electron chi connectivity index (χ4n) is 2.80. The van der Waals surface area contributed by atoms with Crippen molar-refractivity contribution in [2.45, 2.75) is 13.3 Å². The van der Waals surface area contributed by atoms with Gasteiger partial charge in [-0.15, -0.1) is 0 Å². The molecular formula is C16H16N2O3. The standard InChI is InChI=1S/C16H16N2O3/c1-10-8-13(12-4-2-3-5-14(12)17-10)15(19)18-7-6-11(9-18)16(20)21/h2-5,8,11H,6-7,9H2,1H3,(H,20,21). The molecule has 0 bridgehead atoms. The molecule has 0 spiro atoms. The quantitative estimate of drug-likeness (QED) is 0.916. The largest absolute Gasteiger partial charge is 0.481 e. The number of benzene rings is 1. The number of aromatic nitrogens is 1. The molecule has 1 atom stereocenters. The SMILES string of the molecule is Cc1cc(C(=O)N2CCC(C(=O)O)C2)c2ccccc2n1. The van der Waals surface area contributed by atoms with E-state index < -0.39 is 11.9 Å².